The molecule has 0 saturated carbocycles. The van der Waals surface area contributed by atoms with Crippen LogP contribution in [0.15, 0.2) is 42.5 Å². The molecule has 0 saturated heterocycles. The van der Waals surface area contributed by atoms with Gasteiger partial charge in [-0.25, -0.2) is 4.98 Å². The van der Waals surface area contributed by atoms with Crippen molar-refractivity contribution in [3.8, 4) is 5.75 Å². The predicted octanol–water partition coefficient (Wildman–Crippen LogP) is 3.05. The Morgan fingerprint density at radius 1 is 1.12 bits per heavy atom. The first-order valence-corrected chi connectivity index (χ1v) is 8.95. The molecule has 0 atom stereocenters. The van der Waals surface area contributed by atoms with Crippen molar-refractivity contribution in [3.63, 3.8) is 0 Å². The third-order valence-electron chi connectivity index (χ3n) is 3.64. The van der Waals surface area contributed by atoms with E-state index < -0.39 is 0 Å². The predicted molar refractivity (Wildman–Crippen MR) is 103 cm³/mol. The maximum Gasteiger partial charge on any atom is 0.258 e. The van der Waals surface area contributed by atoms with Crippen molar-refractivity contribution in [2.45, 2.75) is 13.8 Å². The summed E-state index contributed by atoms with van der Waals surface area (Å²) in [5.41, 5.74) is 3.11. The topological polar surface area (TPSA) is 80.3 Å². The number of para-hydroxylation sites is 1. The molecule has 0 aliphatic heterocycles. The summed E-state index contributed by atoms with van der Waals surface area (Å²) in [4.78, 5) is 28.2. The Labute approximate surface area is 155 Å². The first-order valence-electron chi connectivity index (χ1n) is 8.13. The Kier molecular flexibility index (Phi) is 5.48. The molecule has 7 heteroatoms. The number of nitrogens with one attached hydrogen (secondary N) is 2. The Morgan fingerprint density at radius 3 is 2.65 bits per heavy atom. The monoisotopic (exact) mass is 369 g/mol. The second-order valence-corrected chi connectivity index (χ2v) is 6.90. The molecular weight excluding hydrogens is 350 g/mol. The molecule has 0 fully saturated rings. The van der Waals surface area contributed by atoms with E-state index >= 15 is 0 Å². The fourth-order valence-corrected chi connectivity index (χ4v) is 3.54. The van der Waals surface area contributed by atoms with Gasteiger partial charge in [-0.05, 0) is 43.2 Å². The Bertz CT molecular complexity index is 938. The summed E-state index contributed by atoms with van der Waals surface area (Å²) in [6.07, 6.45) is 0. The highest BCUT2D eigenvalue weighted by Crippen LogP contribution is 2.29. The molecule has 1 aromatic heterocycles. The molecule has 6 nitrogen and oxygen atoms in total. The number of thiazole rings is 1. The number of carbonyl (C=O) groups is 2. The fraction of sp³-hybridized carbons (Fsp3) is 0.211. The lowest BCUT2D eigenvalue weighted by molar-refractivity contribution is -0.125. The number of ether oxygens (including phenoxy) is 1. The summed E-state index contributed by atoms with van der Waals surface area (Å²) in [6, 6.07) is 13.1. The minimum absolute atomic E-state index is 0.134. The van der Waals surface area contributed by atoms with Gasteiger partial charge in [0.15, 0.2) is 11.7 Å². The first-order chi connectivity index (χ1) is 12.5. The molecule has 0 bridgehead atoms. The summed E-state index contributed by atoms with van der Waals surface area (Å²) in [5, 5.41) is 5.77. The largest absolute Gasteiger partial charge is 0.484 e. The van der Waals surface area contributed by atoms with Crippen LogP contribution in [-0.2, 0) is 9.59 Å². The van der Waals surface area contributed by atoms with Gasteiger partial charge in [0.2, 0.25) is 5.91 Å². The van der Waals surface area contributed by atoms with E-state index in [1.807, 2.05) is 38.1 Å². The Hall–Kier alpha value is -2.93. The van der Waals surface area contributed by atoms with Gasteiger partial charge >= 0.3 is 0 Å². The molecule has 3 aromatic rings. The van der Waals surface area contributed by atoms with Gasteiger partial charge in [-0.1, -0.05) is 35.6 Å². The van der Waals surface area contributed by atoms with Crippen molar-refractivity contribution >= 4 is 38.5 Å². The number of amides is 2. The molecular formula is C19H19N3O3S. The Morgan fingerprint density at radius 2 is 1.88 bits per heavy atom. The fourth-order valence-electron chi connectivity index (χ4n) is 2.48. The molecule has 3 rings (SSSR count). The van der Waals surface area contributed by atoms with Crippen LogP contribution in [0.25, 0.3) is 10.2 Å². The SMILES string of the molecule is Cc1cc(C)c2nc(NC(=O)CNC(=O)COc3ccccc3)sc2c1. The quantitative estimate of drug-likeness (QED) is 0.700. The van der Waals surface area contributed by atoms with E-state index in [9.17, 15) is 9.59 Å². The van der Waals surface area contributed by atoms with Gasteiger partial charge in [-0.3, -0.25) is 9.59 Å². The zero-order chi connectivity index (χ0) is 18.5. The van der Waals surface area contributed by atoms with Crippen LogP contribution >= 0.6 is 11.3 Å². The van der Waals surface area contributed by atoms with Crippen molar-refractivity contribution in [1.82, 2.24) is 10.3 Å². The van der Waals surface area contributed by atoms with E-state index in [4.69, 9.17) is 4.74 Å². The lowest BCUT2D eigenvalue weighted by Crippen LogP contribution is -2.35. The molecule has 0 aliphatic carbocycles. The number of benzene rings is 2. The van der Waals surface area contributed by atoms with Gasteiger partial charge in [0.05, 0.1) is 16.8 Å². The van der Waals surface area contributed by atoms with Crippen LogP contribution in [0.3, 0.4) is 0 Å². The smallest absolute Gasteiger partial charge is 0.258 e. The molecule has 134 valence electrons. The first kappa shape index (κ1) is 17.9. The van der Waals surface area contributed by atoms with Crippen molar-refractivity contribution < 1.29 is 14.3 Å². The molecule has 0 aliphatic rings. The number of hydrogen-bond acceptors (Lipinski definition) is 5. The molecule has 2 aromatic carbocycles. The summed E-state index contributed by atoms with van der Waals surface area (Å²) in [7, 11) is 0. The number of nitrogens with zero attached hydrogens (tertiary/aromatic N) is 1. The maximum absolute atomic E-state index is 12.0. The average molecular weight is 369 g/mol. The van der Waals surface area contributed by atoms with Gasteiger partial charge in [0, 0.05) is 0 Å². The van der Waals surface area contributed by atoms with Crippen LogP contribution in [0.5, 0.6) is 5.75 Å². The van der Waals surface area contributed by atoms with Crippen LogP contribution in [0, 0.1) is 13.8 Å². The highest BCUT2D eigenvalue weighted by atomic mass is 32.1. The zero-order valence-electron chi connectivity index (χ0n) is 14.5. The van der Waals surface area contributed by atoms with Gasteiger partial charge in [0.25, 0.3) is 5.91 Å². The van der Waals surface area contributed by atoms with Crippen LogP contribution in [0.2, 0.25) is 0 Å². The van der Waals surface area contributed by atoms with Crippen LogP contribution < -0.4 is 15.4 Å². The molecule has 0 spiro atoms. The summed E-state index contributed by atoms with van der Waals surface area (Å²) in [6.45, 7) is 3.74. The lowest BCUT2D eigenvalue weighted by Gasteiger charge is -2.07. The zero-order valence-corrected chi connectivity index (χ0v) is 15.4. The number of carbonyl (C=O) groups excluding carboxylic acids is 2. The average Bonchev–Trinajstić information content (AvgIpc) is 3.01. The number of fused-ring (bicyclic) bond motifs is 1. The summed E-state index contributed by atoms with van der Waals surface area (Å²) >= 11 is 1.42. The molecule has 26 heavy (non-hydrogen) atoms. The normalized spacial score (nSPS) is 10.5. The van der Waals surface area contributed by atoms with Gasteiger partial charge in [-0.15, -0.1) is 0 Å². The summed E-state index contributed by atoms with van der Waals surface area (Å²) < 4.78 is 6.35. The maximum atomic E-state index is 12.0. The lowest BCUT2D eigenvalue weighted by atomic mass is 10.1. The number of anilines is 1. The molecule has 0 radical (unpaired) electrons. The molecule has 2 amide bonds. The number of hydrogen-bond donors (Lipinski definition) is 2. The number of aromatic nitrogens is 1. The van der Waals surface area contributed by atoms with E-state index in [-0.39, 0.29) is 25.0 Å². The Balaban J connectivity index is 1.49. The standard InChI is InChI=1S/C19H19N3O3S/c1-12-8-13(2)18-15(9-12)26-19(22-18)21-16(23)10-20-17(24)11-25-14-6-4-3-5-7-14/h3-9H,10-11H2,1-2H3,(H,20,24)(H,21,22,23). The van der Waals surface area contributed by atoms with Crippen molar-refractivity contribution in [1.29, 1.82) is 0 Å². The second-order valence-electron chi connectivity index (χ2n) is 5.87. The van der Waals surface area contributed by atoms with Gasteiger partial charge < -0.3 is 15.4 Å². The minimum atomic E-state index is -0.361. The molecule has 1 heterocycles. The third-order valence-corrected chi connectivity index (χ3v) is 4.55. The van der Waals surface area contributed by atoms with E-state index in [0.717, 1.165) is 21.3 Å². The highest BCUT2D eigenvalue weighted by molar-refractivity contribution is 7.22. The summed E-state index contributed by atoms with van der Waals surface area (Å²) in [5.74, 6) is -0.0847. The second kappa shape index (κ2) is 7.97. The van der Waals surface area contributed by atoms with Gasteiger partial charge in [-0.2, -0.15) is 0 Å². The van der Waals surface area contributed by atoms with Crippen LogP contribution in [0.4, 0.5) is 5.13 Å². The van der Waals surface area contributed by atoms with E-state index in [1.165, 1.54) is 11.3 Å². The van der Waals surface area contributed by atoms with Crippen LogP contribution in [0.1, 0.15) is 11.1 Å². The third kappa shape index (κ3) is 4.58. The molecule has 2 N–H and O–H groups in total. The highest BCUT2D eigenvalue weighted by Gasteiger charge is 2.11. The van der Waals surface area contributed by atoms with E-state index in [1.54, 1.807) is 12.1 Å². The van der Waals surface area contributed by atoms with E-state index in [0.29, 0.717) is 10.9 Å². The molecule has 0 unspecified atom stereocenters. The minimum Gasteiger partial charge on any atom is -0.484 e. The van der Waals surface area contributed by atoms with Crippen molar-refractivity contribution in [3.05, 3.63) is 53.6 Å². The number of rotatable bonds is 6. The number of aryl methyl sites for hydroxylation is 2. The van der Waals surface area contributed by atoms with Gasteiger partial charge in [0.1, 0.15) is 5.75 Å². The van der Waals surface area contributed by atoms with Crippen LogP contribution in [-0.4, -0.2) is 29.9 Å². The van der Waals surface area contributed by atoms with Crippen molar-refractivity contribution in [2.24, 2.45) is 0 Å². The van der Waals surface area contributed by atoms with E-state index in [2.05, 4.69) is 21.7 Å². The van der Waals surface area contributed by atoms with Crippen molar-refractivity contribution in [2.75, 3.05) is 18.5 Å².